The number of aromatic hydroxyl groups is 2. The average molecular weight is 356 g/mol. The minimum Gasteiger partial charge on any atom is -0.508 e. The van der Waals surface area contributed by atoms with Crippen molar-refractivity contribution in [3.63, 3.8) is 0 Å². The van der Waals surface area contributed by atoms with Crippen LogP contribution < -0.4 is 0 Å². The lowest BCUT2D eigenvalue weighted by molar-refractivity contribution is -0.180. The standard InChI is InChI=1S/C19H20F4O2/c1-3-17(20,21)19(18(22,23)4-2,13-5-9-15(24)10-6-13)14-7-11-16(25)12-8-14/h5-12,24-25H,3-4H2,1-2H3. The molecule has 0 bridgehead atoms. The van der Waals surface area contributed by atoms with Crippen molar-refractivity contribution < 1.29 is 27.8 Å². The second-order valence-corrected chi connectivity index (χ2v) is 5.96. The van der Waals surface area contributed by atoms with E-state index in [0.717, 1.165) is 62.4 Å². The first-order chi connectivity index (χ1) is 11.6. The van der Waals surface area contributed by atoms with E-state index in [9.17, 15) is 10.2 Å². The van der Waals surface area contributed by atoms with E-state index >= 15 is 17.6 Å². The van der Waals surface area contributed by atoms with E-state index in [0.29, 0.717) is 0 Å². The maximum atomic E-state index is 15.1. The van der Waals surface area contributed by atoms with Gasteiger partial charge in [0, 0.05) is 12.8 Å². The van der Waals surface area contributed by atoms with Crippen molar-refractivity contribution >= 4 is 0 Å². The second-order valence-electron chi connectivity index (χ2n) is 5.96. The number of alkyl halides is 4. The SMILES string of the molecule is CCC(F)(F)C(c1ccc(O)cc1)(c1ccc(O)cc1)C(F)(F)CC. The van der Waals surface area contributed by atoms with Crippen LogP contribution in [-0.4, -0.2) is 22.1 Å². The van der Waals surface area contributed by atoms with Gasteiger partial charge in [0.15, 0.2) is 0 Å². The number of rotatable bonds is 6. The molecule has 0 aliphatic carbocycles. The monoisotopic (exact) mass is 356 g/mol. The highest BCUT2D eigenvalue weighted by Gasteiger charge is 2.67. The third-order valence-electron chi connectivity index (χ3n) is 4.59. The summed E-state index contributed by atoms with van der Waals surface area (Å²) >= 11 is 0. The summed E-state index contributed by atoms with van der Waals surface area (Å²) in [6.07, 6.45) is -1.60. The summed E-state index contributed by atoms with van der Waals surface area (Å²) in [4.78, 5) is 0. The van der Waals surface area contributed by atoms with E-state index in [1.165, 1.54) is 0 Å². The average Bonchev–Trinajstić information content (AvgIpc) is 2.58. The van der Waals surface area contributed by atoms with Crippen molar-refractivity contribution in [3.05, 3.63) is 59.7 Å². The molecule has 0 radical (unpaired) electrons. The van der Waals surface area contributed by atoms with Gasteiger partial charge in [0.1, 0.15) is 16.9 Å². The van der Waals surface area contributed by atoms with E-state index in [-0.39, 0.29) is 22.6 Å². The first-order valence-electron chi connectivity index (χ1n) is 7.97. The predicted octanol–water partition coefficient (Wildman–Crippen LogP) is 5.47. The van der Waals surface area contributed by atoms with E-state index in [4.69, 9.17) is 0 Å². The van der Waals surface area contributed by atoms with Gasteiger partial charge < -0.3 is 10.2 Å². The Bertz CT molecular complexity index is 646. The smallest absolute Gasteiger partial charge is 0.267 e. The zero-order valence-electron chi connectivity index (χ0n) is 13.9. The van der Waals surface area contributed by atoms with Crippen LogP contribution in [0.15, 0.2) is 48.5 Å². The van der Waals surface area contributed by atoms with Crippen molar-refractivity contribution in [1.29, 1.82) is 0 Å². The van der Waals surface area contributed by atoms with Gasteiger partial charge >= 0.3 is 0 Å². The topological polar surface area (TPSA) is 40.5 Å². The number of benzene rings is 2. The number of hydrogen-bond acceptors (Lipinski definition) is 2. The van der Waals surface area contributed by atoms with Crippen LogP contribution in [0.2, 0.25) is 0 Å². The third kappa shape index (κ3) is 2.94. The molecule has 2 rings (SSSR count). The number of phenolic OH excluding ortho intramolecular Hbond substituents is 2. The van der Waals surface area contributed by atoms with Crippen LogP contribution in [0.1, 0.15) is 37.8 Å². The van der Waals surface area contributed by atoms with Gasteiger partial charge in [-0.1, -0.05) is 38.1 Å². The van der Waals surface area contributed by atoms with Crippen molar-refractivity contribution in [2.75, 3.05) is 0 Å². The summed E-state index contributed by atoms with van der Waals surface area (Å²) in [5.41, 5.74) is -3.52. The fourth-order valence-corrected chi connectivity index (χ4v) is 3.23. The lowest BCUT2D eigenvalue weighted by atomic mass is 9.63. The number of halogens is 4. The van der Waals surface area contributed by atoms with Crippen LogP contribution in [0.5, 0.6) is 11.5 Å². The fourth-order valence-electron chi connectivity index (χ4n) is 3.23. The molecule has 0 aliphatic rings. The predicted molar refractivity (Wildman–Crippen MR) is 87.5 cm³/mol. The summed E-state index contributed by atoms with van der Waals surface area (Å²) in [6.45, 7) is 2.31. The summed E-state index contributed by atoms with van der Waals surface area (Å²) in [7, 11) is 0. The van der Waals surface area contributed by atoms with Crippen molar-refractivity contribution in [2.24, 2.45) is 0 Å². The van der Waals surface area contributed by atoms with Crippen molar-refractivity contribution in [3.8, 4) is 11.5 Å². The molecule has 0 aromatic heterocycles. The van der Waals surface area contributed by atoms with E-state index in [1.54, 1.807) is 0 Å². The molecule has 0 saturated carbocycles. The Morgan fingerprint density at radius 3 is 1.16 bits per heavy atom. The fraction of sp³-hybridized carbons (Fsp3) is 0.368. The van der Waals surface area contributed by atoms with Gasteiger partial charge in [-0.15, -0.1) is 0 Å². The molecule has 0 amide bonds. The highest BCUT2D eigenvalue weighted by Crippen LogP contribution is 2.57. The van der Waals surface area contributed by atoms with Crippen molar-refractivity contribution in [2.45, 2.75) is 43.9 Å². The minimum absolute atomic E-state index is 0.206. The van der Waals surface area contributed by atoms with E-state index < -0.39 is 30.1 Å². The van der Waals surface area contributed by atoms with E-state index in [2.05, 4.69) is 0 Å². The molecule has 0 unspecified atom stereocenters. The molecule has 0 heterocycles. The molecular weight excluding hydrogens is 336 g/mol. The number of hydrogen-bond donors (Lipinski definition) is 2. The molecule has 25 heavy (non-hydrogen) atoms. The molecule has 0 aliphatic heterocycles. The van der Waals surface area contributed by atoms with Gasteiger partial charge in [-0.05, 0) is 35.4 Å². The first-order valence-corrected chi connectivity index (χ1v) is 7.97. The Kier molecular flexibility index (Phi) is 5.02. The largest absolute Gasteiger partial charge is 0.508 e. The third-order valence-corrected chi connectivity index (χ3v) is 4.59. The summed E-state index contributed by atoms with van der Waals surface area (Å²) in [6, 6.07) is 8.82. The zero-order chi connectivity index (χ0) is 18.9. The van der Waals surface area contributed by atoms with Crippen LogP contribution in [0, 0.1) is 0 Å². The summed E-state index contributed by atoms with van der Waals surface area (Å²) in [5, 5.41) is 18.9. The highest BCUT2D eigenvalue weighted by atomic mass is 19.3. The first kappa shape index (κ1) is 19.1. The van der Waals surface area contributed by atoms with Gasteiger partial charge in [-0.2, -0.15) is 0 Å². The maximum absolute atomic E-state index is 15.1. The van der Waals surface area contributed by atoms with Gasteiger partial charge in [0.2, 0.25) is 0 Å². The molecule has 0 atom stereocenters. The quantitative estimate of drug-likeness (QED) is 0.674. The Labute approximate surface area is 143 Å². The lowest BCUT2D eigenvalue weighted by Gasteiger charge is -2.46. The highest BCUT2D eigenvalue weighted by molar-refractivity contribution is 5.48. The van der Waals surface area contributed by atoms with Crippen LogP contribution in [0.4, 0.5) is 17.6 Å². The molecule has 0 spiro atoms. The molecule has 2 aromatic rings. The van der Waals surface area contributed by atoms with Gasteiger partial charge in [-0.3, -0.25) is 0 Å². The van der Waals surface area contributed by atoms with Gasteiger partial charge in [-0.25, -0.2) is 17.6 Å². The van der Waals surface area contributed by atoms with Crippen LogP contribution in [-0.2, 0) is 5.41 Å². The Balaban J connectivity index is 2.93. The molecule has 2 nitrogen and oxygen atoms in total. The molecule has 2 aromatic carbocycles. The molecule has 0 saturated heterocycles. The molecule has 2 N–H and O–H groups in total. The Morgan fingerprint density at radius 2 is 0.920 bits per heavy atom. The van der Waals surface area contributed by atoms with Crippen LogP contribution >= 0.6 is 0 Å². The Hall–Kier alpha value is -2.24. The number of phenols is 2. The lowest BCUT2D eigenvalue weighted by Crippen LogP contribution is -2.58. The van der Waals surface area contributed by atoms with Crippen LogP contribution in [0.25, 0.3) is 0 Å². The summed E-state index contributed by atoms with van der Waals surface area (Å²) in [5.74, 6) is -7.97. The van der Waals surface area contributed by atoms with E-state index in [1.807, 2.05) is 0 Å². The maximum Gasteiger partial charge on any atom is 0.267 e. The molecule has 136 valence electrons. The van der Waals surface area contributed by atoms with Crippen molar-refractivity contribution in [1.82, 2.24) is 0 Å². The Morgan fingerprint density at radius 1 is 0.640 bits per heavy atom. The molecular formula is C19H20F4O2. The van der Waals surface area contributed by atoms with Gasteiger partial charge in [0.05, 0.1) is 0 Å². The normalized spacial score (nSPS) is 13.0. The molecule has 0 fully saturated rings. The zero-order valence-corrected chi connectivity index (χ0v) is 13.9. The van der Waals surface area contributed by atoms with Gasteiger partial charge in [0.25, 0.3) is 11.8 Å². The molecule has 6 heteroatoms. The van der Waals surface area contributed by atoms with Crippen LogP contribution in [0.3, 0.4) is 0 Å². The minimum atomic E-state index is -3.78. The summed E-state index contributed by atoms with van der Waals surface area (Å²) < 4.78 is 60.5. The second kappa shape index (κ2) is 6.58.